The third-order valence-electron chi connectivity index (χ3n) is 4.89. The third-order valence-corrected chi connectivity index (χ3v) is 4.89. The molecule has 6 nitrogen and oxygen atoms in total. The van der Waals surface area contributed by atoms with Crippen molar-refractivity contribution in [2.24, 2.45) is 0 Å². The maximum absolute atomic E-state index is 13.0. The second-order valence-electron chi connectivity index (χ2n) is 6.28. The molecule has 0 aliphatic carbocycles. The van der Waals surface area contributed by atoms with Crippen LogP contribution in [0.25, 0.3) is 11.1 Å². The van der Waals surface area contributed by atoms with Gasteiger partial charge in [0.15, 0.2) is 11.4 Å². The number of piperidine rings is 1. The van der Waals surface area contributed by atoms with Crippen LogP contribution in [0, 0.1) is 0 Å². The summed E-state index contributed by atoms with van der Waals surface area (Å²) in [6.07, 6.45) is 7.13. The number of amides is 1. The summed E-state index contributed by atoms with van der Waals surface area (Å²) >= 11 is 0. The van der Waals surface area contributed by atoms with Crippen molar-refractivity contribution in [3.05, 3.63) is 36.2 Å². The van der Waals surface area contributed by atoms with Gasteiger partial charge >= 0.3 is 0 Å². The van der Waals surface area contributed by atoms with Gasteiger partial charge in [0.25, 0.3) is 5.91 Å². The number of hydrogen-bond acceptors (Lipinski definition) is 4. The number of fused-ring (bicyclic) bond motifs is 1. The Balaban J connectivity index is 1.56. The van der Waals surface area contributed by atoms with Crippen LogP contribution in [-0.2, 0) is 16.0 Å². The van der Waals surface area contributed by atoms with Crippen LogP contribution in [0.3, 0.4) is 0 Å². The lowest BCUT2D eigenvalue weighted by Gasteiger charge is -2.37. The Morgan fingerprint density at radius 1 is 1.29 bits per heavy atom. The van der Waals surface area contributed by atoms with Crippen LogP contribution in [0.2, 0.25) is 0 Å². The van der Waals surface area contributed by atoms with Gasteiger partial charge in [-0.2, -0.15) is 0 Å². The molecule has 4 rings (SSSR count). The van der Waals surface area contributed by atoms with Gasteiger partial charge in [-0.15, -0.1) is 0 Å². The van der Waals surface area contributed by atoms with E-state index in [2.05, 4.69) is 0 Å². The molecule has 0 aromatic carbocycles. The summed E-state index contributed by atoms with van der Waals surface area (Å²) in [6.45, 7) is 5.23. The van der Waals surface area contributed by atoms with E-state index in [0.717, 1.165) is 23.9 Å². The van der Waals surface area contributed by atoms with Crippen molar-refractivity contribution in [3.8, 4) is 0 Å². The summed E-state index contributed by atoms with van der Waals surface area (Å²) < 4.78 is 19.0. The number of aromatic nitrogens is 1. The number of hydrogen-bond donors (Lipinski definition) is 0. The van der Waals surface area contributed by atoms with Crippen molar-refractivity contribution >= 4 is 17.0 Å². The molecule has 1 amide bonds. The molecule has 2 saturated heterocycles. The highest BCUT2D eigenvalue weighted by atomic mass is 16.7. The third kappa shape index (κ3) is 2.56. The largest absolute Gasteiger partial charge is 0.463 e. The second kappa shape index (κ2) is 6.11. The minimum Gasteiger partial charge on any atom is -0.463 e. The Kier molecular flexibility index (Phi) is 3.94. The van der Waals surface area contributed by atoms with Gasteiger partial charge in [-0.1, -0.05) is 12.2 Å². The highest BCUT2D eigenvalue weighted by Crippen LogP contribution is 2.32. The molecule has 0 atom stereocenters. The number of furan rings is 1. The van der Waals surface area contributed by atoms with Gasteiger partial charge in [0, 0.05) is 44.6 Å². The van der Waals surface area contributed by atoms with Gasteiger partial charge < -0.3 is 23.4 Å². The summed E-state index contributed by atoms with van der Waals surface area (Å²) in [4.78, 5) is 14.9. The monoisotopic (exact) mass is 330 g/mol. The first-order chi connectivity index (χ1) is 11.7. The minimum atomic E-state index is -0.461. The average molecular weight is 330 g/mol. The second-order valence-corrected chi connectivity index (χ2v) is 6.28. The van der Waals surface area contributed by atoms with Crippen molar-refractivity contribution in [2.45, 2.75) is 32.1 Å². The SMILES string of the molecule is C/C=C\Cn1c(C(=O)N2CCC3(CC2)OCCO3)cc2occc21. The molecular weight excluding hydrogens is 308 g/mol. The number of allylic oxidation sites excluding steroid dienone is 2. The van der Waals surface area contributed by atoms with Crippen molar-refractivity contribution in [1.82, 2.24) is 9.47 Å². The van der Waals surface area contributed by atoms with Crippen molar-refractivity contribution in [3.63, 3.8) is 0 Å². The first kappa shape index (κ1) is 15.5. The predicted molar refractivity (Wildman–Crippen MR) is 88.8 cm³/mol. The van der Waals surface area contributed by atoms with Crippen LogP contribution in [-0.4, -0.2) is 47.5 Å². The van der Waals surface area contributed by atoms with Crippen LogP contribution in [0.15, 0.2) is 35.0 Å². The smallest absolute Gasteiger partial charge is 0.270 e. The molecule has 0 saturated carbocycles. The number of ether oxygens (including phenoxy) is 2. The van der Waals surface area contributed by atoms with E-state index < -0.39 is 5.79 Å². The molecule has 2 aliphatic heterocycles. The minimum absolute atomic E-state index is 0.0405. The Morgan fingerprint density at radius 2 is 2.04 bits per heavy atom. The number of carbonyl (C=O) groups excluding carboxylic acids is 1. The zero-order valence-electron chi connectivity index (χ0n) is 13.9. The predicted octanol–water partition coefficient (Wildman–Crippen LogP) is 2.79. The number of rotatable bonds is 3. The van der Waals surface area contributed by atoms with Gasteiger partial charge in [-0.25, -0.2) is 0 Å². The van der Waals surface area contributed by atoms with Crippen LogP contribution < -0.4 is 0 Å². The zero-order chi connectivity index (χ0) is 16.6. The lowest BCUT2D eigenvalue weighted by molar-refractivity contribution is -0.181. The molecule has 0 radical (unpaired) electrons. The van der Waals surface area contributed by atoms with Crippen LogP contribution >= 0.6 is 0 Å². The molecule has 0 unspecified atom stereocenters. The molecule has 0 N–H and O–H groups in total. The molecule has 2 aliphatic rings. The fraction of sp³-hybridized carbons (Fsp3) is 0.500. The molecule has 2 aromatic rings. The molecule has 24 heavy (non-hydrogen) atoms. The highest BCUT2D eigenvalue weighted by Gasteiger charge is 2.41. The molecule has 128 valence electrons. The topological polar surface area (TPSA) is 56.8 Å². The molecule has 4 heterocycles. The number of carbonyl (C=O) groups is 1. The van der Waals surface area contributed by atoms with E-state index in [1.165, 1.54) is 0 Å². The van der Waals surface area contributed by atoms with E-state index in [1.54, 1.807) is 6.26 Å². The van der Waals surface area contributed by atoms with Gasteiger partial charge in [0.1, 0.15) is 5.69 Å². The standard InChI is InChI=1S/C18H22N2O4/c1-2-3-7-20-14-4-10-22-16(14)13-15(20)17(21)19-8-5-18(6-9-19)23-11-12-24-18/h2-4,10,13H,5-9,11-12H2,1H3/b3-2-. The highest BCUT2D eigenvalue weighted by molar-refractivity contribution is 5.97. The first-order valence-electron chi connectivity index (χ1n) is 8.47. The summed E-state index contributed by atoms with van der Waals surface area (Å²) in [5.74, 6) is -0.420. The van der Waals surface area contributed by atoms with E-state index >= 15 is 0 Å². The lowest BCUT2D eigenvalue weighted by Crippen LogP contribution is -2.47. The van der Waals surface area contributed by atoms with Crippen molar-refractivity contribution < 1.29 is 18.7 Å². The Labute approximate surface area is 140 Å². The summed E-state index contributed by atoms with van der Waals surface area (Å²) in [5.41, 5.74) is 2.37. The zero-order valence-corrected chi connectivity index (χ0v) is 13.9. The number of nitrogens with zero attached hydrogens (tertiary/aromatic N) is 2. The van der Waals surface area contributed by atoms with Gasteiger partial charge in [0.2, 0.25) is 0 Å². The maximum atomic E-state index is 13.0. The Morgan fingerprint density at radius 3 is 2.75 bits per heavy atom. The van der Waals surface area contributed by atoms with Gasteiger partial charge in [0.05, 0.1) is 25.0 Å². The molecular formula is C18H22N2O4. The quantitative estimate of drug-likeness (QED) is 0.812. The lowest BCUT2D eigenvalue weighted by atomic mass is 10.0. The Bertz CT molecular complexity index is 757. The van der Waals surface area contributed by atoms with E-state index in [9.17, 15) is 4.79 Å². The molecule has 1 spiro atoms. The van der Waals surface area contributed by atoms with Crippen LogP contribution in [0.5, 0.6) is 0 Å². The first-order valence-corrected chi connectivity index (χ1v) is 8.47. The fourth-order valence-corrected chi connectivity index (χ4v) is 3.56. The molecule has 6 heteroatoms. The summed E-state index contributed by atoms with van der Waals surface area (Å²) in [6, 6.07) is 3.75. The van der Waals surface area contributed by atoms with Gasteiger partial charge in [-0.3, -0.25) is 4.79 Å². The normalized spacial score (nSPS) is 20.6. The maximum Gasteiger partial charge on any atom is 0.270 e. The fourth-order valence-electron chi connectivity index (χ4n) is 3.56. The molecule has 2 fully saturated rings. The van der Waals surface area contributed by atoms with E-state index in [-0.39, 0.29) is 5.91 Å². The molecule has 2 aromatic heterocycles. The Hall–Kier alpha value is -2.05. The number of likely N-dealkylation sites (tertiary alicyclic amines) is 1. The van der Waals surface area contributed by atoms with E-state index in [1.807, 2.05) is 40.7 Å². The molecule has 0 bridgehead atoms. The summed E-state index contributed by atoms with van der Waals surface area (Å²) in [5, 5.41) is 0. The van der Waals surface area contributed by atoms with Crippen LogP contribution in [0.1, 0.15) is 30.3 Å². The van der Waals surface area contributed by atoms with E-state index in [4.69, 9.17) is 13.9 Å². The van der Waals surface area contributed by atoms with Gasteiger partial charge in [-0.05, 0) is 6.92 Å². The van der Waals surface area contributed by atoms with Crippen molar-refractivity contribution in [1.29, 1.82) is 0 Å². The van der Waals surface area contributed by atoms with Crippen molar-refractivity contribution in [2.75, 3.05) is 26.3 Å². The average Bonchev–Trinajstić information content (AvgIpc) is 3.30. The van der Waals surface area contributed by atoms with E-state index in [0.29, 0.717) is 38.5 Å². The van der Waals surface area contributed by atoms with Crippen LogP contribution in [0.4, 0.5) is 0 Å². The summed E-state index contributed by atoms with van der Waals surface area (Å²) in [7, 11) is 0.